The van der Waals surface area contributed by atoms with Crippen LogP contribution in [0.5, 0.6) is 0 Å². The van der Waals surface area contributed by atoms with E-state index in [9.17, 15) is 0 Å². The van der Waals surface area contributed by atoms with E-state index in [0.717, 1.165) is 12.5 Å². The molecule has 0 radical (unpaired) electrons. The van der Waals surface area contributed by atoms with Gasteiger partial charge >= 0.3 is 0 Å². The highest BCUT2D eigenvalue weighted by atomic mass is 35.5. The number of rotatable bonds is 2. The minimum Gasteiger partial charge on any atom is -0.302 e. The lowest BCUT2D eigenvalue weighted by atomic mass is 9.95. The first-order valence-corrected chi connectivity index (χ1v) is 6.59. The van der Waals surface area contributed by atoms with Crippen molar-refractivity contribution in [3.05, 3.63) is 33.8 Å². The number of likely N-dealkylation sites (tertiary alicyclic amines) is 1. The molecule has 1 nitrogen and oxygen atoms in total. The maximum Gasteiger partial charge on any atom is 0.0595 e. The van der Waals surface area contributed by atoms with Crippen LogP contribution >= 0.6 is 35.6 Å². The summed E-state index contributed by atoms with van der Waals surface area (Å²) in [6, 6.07) is 6.13. The van der Waals surface area contributed by atoms with Crippen LogP contribution in [0.2, 0.25) is 10.0 Å². The van der Waals surface area contributed by atoms with E-state index < -0.39 is 0 Å². The van der Waals surface area contributed by atoms with Crippen LogP contribution in [0.15, 0.2) is 18.2 Å². The number of hydrogen-bond acceptors (Lipinski definition) is 1. The van der Waals surface area contributed by atoms with Crippen molar-refractivity contribution in [2.45, 2.75) is 18.8 Å². The molecule has 0 spiro atoms. The van der Waals surface area contributed by atoms with E-state index in [0.29, 0.717) is 15.5 Å². The molecule has 17 heavy (non-hydrogen) atoms. The van der Waals surface area contributed by atoms with Crippen LogP contribution in [0.3, 0.4) is 0 Å². The van der Waals surface area contributed by atoms with Gasteiger partial charge in [-0.1, -0.05) is 36.2 Å². The van der Waals surface area contributed by atoms with Crippen molar-refractivity contribution in [2.24, 2.45) is 5.92 Å². The molecule has 1 heterocycles. The molecule has 1 aliphatic heterocycles. The Kier molecular flexibility index (Phi) is 3.66. The topological polar surface area (TPSA) is 3.24 Å². The van der Waals surface area contributed by atoms with Crippen molar-refractivity contribution in [3.63, 3.8) is 0 Å². The minimum atomic E-state index is 0. The Balaban J connectivity index is 0.00000108. The molecule has 2 atom stereocenters. The van der Waals surface area contributed by atoms with Crippen LogP contribution in [0.25, 0.3) is 0 Å². The van der Waals surface area contributed by atoms with Gasteiger partial charge in [0.05, 0.1) is 10.0 Å². The first kappa shape index (κ1) is 13.5. The van der Waals surface area contributed by atoms with E-state index >= 15 is 0 Å². The Morgan fingerprint density at radius 2 is 2.12 bits per heavy atom. The third-order valence-electron chi connectivity index (χ3n) is 4.16. The molecule has 2 fully saturated rings. The zero-order chi connectivity index (χ0) is 11.3. The third-order valence-corrected chi connectivity index (χ3v) is 4.90. The van der Waals surface area contributed by atoms with Gasteiger partial charge in [-0.2, -0.15) is 0 Å². The average Bonchev–Trinajstić information content (AvgIpc) is 2.86. The van der Waals surface area contributed by atoms with E-state index in [4.69, 9.17) is 23.2 Å². The van der Waals surface area contributed by atoms with Crippen LogP contribution in [0.1, 0.15) is 18.9 Å². The van der Waals surface area contributed by atoms with Gasteiger partial charge in [-0.05, 0) is 36.6 Å². The molecule has 0 bridgehead atoms. The monoisotopic (exact) mass is 291 g/mol. The molecule has 0 amide bonds. The fourth-order valence-corrected chi connectivity index (χ4v) is 3.38. The summed E-state index contributed by atoms with van der Waals surface area (Å²) >= 11 is 12.1. The summed E-state index contributed by atoms with van der Waals surface area (Å²) in [7, 11) is 0. The van der Waals surface area contributed by atoms with Gasteiger partial charge in [-0.3, -0.25) is 0 Å². The highest BCUT2D eigenvalue weighted by molar-refractivity contribution is 6.42. The normalized spacial score (nSPS) is 30.9. The summed E-state index contributed by atoms with van der Waals surface area (Å²) < 4.78 is 0. The Bertz CT molecular complexity index is 435. The van der Waals surface area contributed by atoms with Crippen molar-refractivity contribution in [1.82, 2.24) is 4.90 Å². The predicted molar refractivity (Wildman–Crippen MR) is 75.6 cm³/mol. The molecule has 94 valence electrons. The number of hydrogen-bond donors (Lipinski definition) is 0. The number of fused-ring (bicyclic) bond motifs is 1. The van der Waals surface area contributed by atoms with Gasteiger partial charge in [0, 0.05) is 18.5 Å². The molecular formula is C13H16Cl3N. The Morgan fingerprint density at radius 1 is 1.35 bits per heavy atom. The van der Waals surface area contributed by atoms with Crippen LogP contribution < -0.4 is 0 Å². The van der Waals surface area contributed by atoms with E-state index in [2.05, 4.69) is 24.0 Å². The van der Waals surface area contributed by atoms with Crippen molar-refractivity contribution >= 4 is 35.6 Å². The predicted octanol–water partition coefficient (Wildman–Crippen LogP) is 4.01. The van der Waals surface area contributed by atoms with Crippen molar-refractivity contribution in [1.29, 1.82) is 0 Å². The van der Waals surface area contributed by atoms with Crippen LogP contribution in [0.4, 0.5) is 0 Å². The van der Waals surface area contributed by atoms with E-state index in [-0.39, 0.29) is 12.4 Å². The lowest BCUT2D eigenvalue weighted by Crippen LogP contribution is -2.26. The van der Waals surface area contributed by atoms with E-state index in [1.54, 1.807) is 0 Å². The number of piperidine rings is 1. The summed E-state index contributed by atoms with van der Waals surface area (Å²) in [5, 5.41) is 1.35. The summed E-state index contributed by atoms with van der Waals surface area (Å²) in [6.07, 6.45) is 1.32. The van der Waals surface area contributed by atoms with Gasteiger partial charge in [0.1, 0.15) is 0 Å². The molecule has 2 aliphatic rings. The van der Waals surface area contributed by atoms with Gasteiger partial charge in [0.25, 0.3) is 0 Å². The SMILES string of the molecule is CCN1CC2CC2(c2ccc(Cl)c(Cl)c2)C1.Cl. The second kappa shape index (κ2) is 4.62. The van der Waals surface area contributed by atoms with E-state index in [1.807, 2.05) is 6.07 Å². The first-order valence-electron chi connectivity index (χ1n) is 5.83. The molecule has 1 aromatic carbocycles. The van der Waals surface area contributed by atoms with Gasteiger partial charge in [-0.15, -0.1) is 12.4 Å². The van der Waals surface area contributed by atoms with Crippen LogP contribution in [-0.2, 0) is 5.41 Å². The Labute approximate surface area is 118 Å². The van der Waals surface area contributed by atoms with Crippen molar-refractivity contribution < 1.29 is 0 Å². The maximum absolute atomic E-state index is 6.10. The maximum atomic E-state index is 6.10. The van der Waals surface area contributed by atoms with Crippen molar-refractivity contribution in [3.8, 4) is 0 Å². The molecule has 1 saturated carbocycles. The standard InChI is InChI=1S/C13H15Cl2N.ClH/c1-2-16-7-10-6-13(10,8-16)9-3-4-11(14)12(15)5-9;/h3-5,10H,2,6-8H2,1H3;1H. The largest absolute Gasteiger partial charge is 0.302 e. The fourth-order valence-electron chi connectivity index (χ4n) is 3.08. The highest BCUT2D eigenvalue weighted by Gasteiger charge is 2.60. The number of likely N-dealkylation sites (N-methyl/N-ethyl adjacent to an activating group) is 1. The van der Waals surface area contributed by atoms with Crippen LogP contribution in [-0.4, -0.2) is 24.5 Å². The molecule has 1 saturated heterocycles. The third kappa shape index (κ3) is 2.08. The molecule has 3 rings (SSSR count). The molecule has 2 unspecified atom stereocenters. The van der Waals surface area contributed by atoms with Gasteiger partial charge in [-0.25, -0.2) is 0 Å². The molecule has 0 aromatic heterocycles. The van der Waals surface area contributed by atoms with Crippen molar-refractivity contribution in [2.75, 3.05) is 19.6 Å². The lowest BCUT2D eigenvalue weighted by Gasteiger charge is -2.19. The lowest BCUT2D eigenvalue weighted by molar-refractivity contribution is 0.314. The first-order chi connectivity index (χ1) is 7.65. The molecular weight excluding hydrogens is 277 g/mol. The highest BCUT2D eigenvalue weighted by Crippen LogP contribution is 2.59. The number of halogens is 3. The zero-order valence-corrected chi connectivity index (χ0v) is 12.1. The van der Waals surface area contributed by atoms with Crippen LogP contribution in [0, 0.1) is 5.92 Å². The second-order valence-corrected chi connectivity index (χ2v) is 5.83. The molecule has 4 heteroatoms. The average molecular weight is 293 g/mol. The van der Waals surface area contributed by atoms with Gasteiger partial charge in [0.15, 0.2) is 0 Å². The number of nitrogens with zero attached hydrogens (tertiary/aromatic N) is 1. The smallest absolute Gasteiger partial charge is 0.0595 e. The number of benzene rings is 1. The summed E-state index contributed by atoms with van der Waals surface area (Å²) in [5.41, 5.74) is 1.77. The van der Waals surface area contributed by atoms with Gasteiger partial charge in [0.2, 0.25) is 0 Å². The summed E-state index contributed by atoms with van der Waals surface area (Å²) in [5.74, 6) is 0.838. The quantitative estimate of drug-likeness (QED) is 0.796. The van der Waals surface area contributed by atoms with Gasteiger partial charge < -0.3 is 4.90 Å². The fraction of sp³-hybridized carbons (Fsp3) is 0.538. The Hall–Kier alpha value is 0.0500. The second-order valence-electron chi connectivity index (χ2n) is 5.01. The van der Waals surface area contributed by atoms with E-state index in [1.165, 1.54) is 25.1 Å². The Morgan fingerprint density at radius 3 is 2.71 bits per heavy atom. The summed E-state index contributed by atoms with van der Waals surface area (Å²) in [4.78, 5) is 2.52. The zero-order valence-electron chi connectivity index (χ0n) is 9.75. The summed E-state index contributed by atoms with van der Waals surface area (Å²) in [6.45, 7) is 5.82. The molecule has 0 N–H and O–H groups in total. The molecule has 1 aromatic rings. The minimum absolute atomic E-state index is 0. The molecule has 1 aliphatic carbocycles.